The fraction of sp³-hybridized carbons (Fsp3) is 0.167. The molecule has 0 aliphatic heterocycles. The van der Waals surface area contributed by atoms with E-state index in [9.17, 15) is 4.79 Å². The summed E-state index contributed by atoms with van der Waals surface area (Å²) >= 11 is 0. The van der Waals surface area contributed by atoms with Crippen LogP contribution in [-0.4, -0.2) is 5.91 Å². The van der Waals surface area contributed by atoms with Crippen LogP contribution in [0.25, 0.3) is 6.08 Å². The topological polar surface area (TPSA) is 29.1 Å². The Morgan fingerprint density at radius 2 is 2.00 bits per heavy atom. The van der Waals surface area contributed by atoms with Crippen LogP contribution >= 0.6 is 0 Å². The molecule has 2 nitrogen and oxygen atoms in total. The second kappa shape index (κ2) is 7.29. The van der Waals surface area contributed by atoms with Crippen LogP contribution in [-0.2, 0) is 0 Å². The lowest BCUT2D eigenvalue weighted by atomic mass is 10.0. The summed E-state index contributed by atoms with van der Waals surface area (Å²) in [5.74, 6) is -0.132. The minimum absolute atomic E-state index is 0.132. The molecule has 2 heteroatoms. The zero-order valence-corrected chi connectivity index (χ0v) is 12.4. The van der Waals surface area contributed by atoms with Gasteiger partial charge in [-0.3, -0.25) is 4.79 Å². The number of hydrogen-bond donors (Lipinski definition) is 1. The number of benzene rings is 1. The van der Waals surface area contributed by atoms with E-state index in [4.69, 9.17) is 0 Å². The van der Waals surface area contributed by atoms with Gasteiger partial charge in [-0.1, -0.05) is 49.6 Å². The zero-order chi connectivity index (χ0) is 15.1. The third kappa shape index (κ3) is 3.58. The molecule has 0 saturated carbocycles. The Morgan fingerprint density at radius 1 is 1.30 bits per heavy atom. The summed E-state index contributed by atoms with van der Waals surface area (Å²) in [4.78, 5) is 12.5. The SMILES string of the molecule is C=C/C=C(NC(=O)c1c(C)cccc1C=C)\C(C)=C/C. The number of amides is 1. The van der Waals surface area contributed by atoms with Gasteiger partial charge < -0.3 is 5.32 Å². The molecule has 0 spiro atoms. The predicted molar refractivity (Wildman–Crippen MR) is 86.4 cm³/mol. The zero-order valence-electron chi connectivity index (χ0n) is 12.4. The quantitative estimate of drug-likeness (QED) is 0.787. The third-order valence-corrected chi connectivity index (χ3v) is 3.14. The molecule has 0 saturated heterocycles. The van der Waals surface area contributed by atoms with E-state index in [-0.39, 0.29) is 5.91 Å². The third-order valence-electron chi connectivity index (χ3n) is 3.14. The number of hydrogen-bond acceptors (Lipinski definition) is 1. The number of aryl methyl sites for hydroxylation is 1. The highest BCUT2D eigenvalue weighted by Crippen LogP contribution is 2.17. The van der Waals surface area contributed by atoms with E-state index in [1.165, 1.54) is 0 Å². The van der Waals surface area contributed by atoms with Crippen LogP contribution in [0.15, 0.2) is 60.9 Å². The fourth-order valence-corrected chi connectivity index (χ4v) is 1.90. The Kier molecular flexibility index (Phi) is 5.73. The van der Waals surface area contributed by atoms with E-state index < -0.39 is 0 Å². The highest BCUT2D eigenvalue weighted by atomic mass is 16.1. The number of allylic oxidation sites excluding steroid dienone is 4. The van der Waals surface area contributed by atoms with Crippen LogP contribution in [0.2, 0.25) is 0 Å². The monoisotopic (exact) mass is 267 g/mol. The van der Waals surface area contributed by atoms with Crippen molar-refractivity contribution in [2.75, 3.05) is 0 Å². The molecule has 0 aliphatic rings. The first kappa shape index (κ1) is 15.7. The van der Waals surface area contributed by atoms with Crippen LogP contribution in [0.5, 0.6) is 0 Å². The van der Waals surface area contributed by atoms with E-state index in [1.807, 2.05) is 45.0 Å². The van der Waals surface area contributed by atoms with Gasteiger partial charge in [-0.2, -0.15) is 0 Å². The molecule has 0 aliphatic carbocycles. The largest absolute Gasteiger partial charge is 0.322 e. The van der Waals surface area contributed by atoms with Crippen molar-refractivity contribution in [3.63, 3.8) is 0 Å². The molecule has 0 heterocycles. The molecular weight excluding hydrogens is 246 g/mol. The van der Waals surface area contributed by atoms with Gasteiger partial charge in [-0.05, 0) is 43.5 Å². The van der Waals surface area contributed by atoms with E-state index in [0.717, 1.165) is 22.4 Å². The molecule has 1 aromatic rings. The average molecular weight is 267 g/mol. The maximum Gasteiger partial charge on any atom is 0.256 e. The lowest BCUT2D eigenvalue weighted by Crippen LogP contribution is -2.25. The summed E-state index contributed by atoms with van der Waals surface area (Å²) in [5, 5.41) is 2.94. The maximum absolute atomic E-state index is 12.5. The van der Waals surface area contributed by atoms with Crippen molar-refractivity contribution >= 4 is 12.0 Å². The molecule has 0 aromatic heterocycles. The molecule has 0 atom stereocenters. The number of carbonyl (C=O) groups is 1. The van der Waals surface area contributed by atoms with Gasteiger partial charge in [-0.15, -0.1) is 0 Å². The van der Waals surface area contributed by atoms with Crippen molar-refractivity contribution in [1.29, 1.82) is 0 Å². The lowest BCUT2D eigenvalue weighted by Gasteiger charge is -2.13. The van der Waals surface area contributed by atoms with Gasteiger partial charge in [0, 0.05) is 11.3 Å². The van der Waals surface area contributed by atoms with Crippen molar-refractivity contribution in [2.24, 2.45) is 0 Å². The molecule has 1 rings (SSSR count). The Bertz CT molecular complexity index is 591. The molecule has 0 bridgehead atoms. The van der Waals surface area contributed by atoms with Crippen molar-refractivity contribution < 1.29 is 4.79 Å². The molecule has 0 fully saturated rings. The molecule has 1 amide bonds. The molecule has 1 aromatic carbocycles. The van der Waals surface area contributed by atoms with E-state index >= 15 is 0 Å². The Balaban J connectivity index is 3.17. The van der Waals surface area contributed by atoms with Gasteiger partial charge in [0.15, 0.2) is 0 Å². The van der Waals surface area contributed by atoms with Gasteiger partial charge in [0.2, 0.25) is 0 Å². The first-order valence-electron chi connectivity index (χ1n) is 6.54. The Hall–Kier alpha value is -2.35. The average Bonchev–Trinajstić information content (AvgIpc) is 2.45. The van der Waals surface area contributed by atoms with Crippen LogP contribution in [0, 0.1) is 6.92 Å². The summed E-state index contributed by atoms with van der Waals surface area (Å²) in [6.07, 6.45) is 7.09. The van der Waals surface area contributed by atoms with Gasteiger partial charge in [0.25, 0.3) is 5.91 Å². The minimum Gasteiger partial charge on any atom is -0.322 e. The molecule has 0 unspecified atom stereocenters. The van der Waals surface area contributed by atoms with Crippen LogP contribution in [0.4, 0.5) is 0 Å². The first-order valence-corrected chi connectivity index (χ1v) is 6.54. The molecule has 104 valence electrons. The lowest BCUT2D eigenvalue weighted by molar-refractivity contribution is 0.0966. The Labute approximate surface area is 121 Å². The normalized spacial score (nSPS) is 11.9. The standard InChI is InChI=1S/C18H21NO/c1-6-10-16(13(4)7-2)19-18(20)17-14(5)11-9-12-15(17)8-3/h6-12H,1,3H2,2,4-5H3,(H,19,20)/b13-7-,16-10+. The van der Waals surface area contributed by atoms with E-state index in [1.54, 1.807) is 18.2 Å². The second-order valence-electron chi connectivity index (χ2n) is 4.49. The Morgan fingerprint density at radius 3 is 2.55 bits per heavy atom. The van der Waals surface area contributed by atoms with Gasteiger partial charge in [-0.25, -0.2) is 0 Å². The van der Waals surface area contributed by atoms with Gasteiger partial charge in [0.1, 0.15) is 0 Å². The number of carbonyl (C=O) groups excluding carboxylic acids is 1. The highest BCUT2D eigenvalue weighted by Gasteiger charge is 2.14. The summed E-state index contributed by atoms with van der Waals surface area (Å²) in [5.41, 5.74) is 4.16. The van der Waals surface area contributed by atoms with E-state index in [0.29, 0.717) is 5.56 Å². The van der Waals surface area contributed by atoms with Gasteiger partial charge in [0.05, 0.1) is 0 Å². The summed E-state index contributed by atoms with van der Waals surface area (Å²) in [6.45, 7) is 13.2. The summed E-state index contributed by atoms with van der Waals surface area (Å²) in [6, 6.07) is 5.72. The number of rotatable bonds is 5. The van der Waals surface area contributed by atoms with Crippen molar-refractivity contribution in [1.82, 2.24) is 5.32 Å². The van der Waals surface area contributed by atoms with Gasteiger partial charge >= 0.3 is 0 Å². The highest BCUT2D eigenvalue weighted by molar-refractivity contribution is 6.00. The fourth-order valence-electron chi connectivity index (χ4n) is 1.90. The minimum atomic E-state index is -0.132. The molecule has 1 N–H and O–H groups in total. The van der Waals surface area contributed by atoms with Crippen LogP contribution in [0.3, 0.4) is 0 Å². The van der Waals surface area contributed by atoms with Crippen molar-refractivity contribution in [2.45, 2.75) is 20.8 Å². The predicted octanol–water partition coefficient (Wildman–Crippen LogP) is 4.40. The first-order chi connectivity index (χ1) is 9.54. The summed E-state index contributed by atoms with van der Waals surface area (Å²) in [7, 11) is 0. The molecule has 20 heavy (non-hydrogen) atoms. The van der Waals surface area contributed by atoms with Crippen LogP contribution < -0.4 is 5.32 Å². The second-order valence-corrected chi connectivity index (χ2v) is 4.49. The van der Waals surface area contributed by atoms with Crippen LogP contribution in [0.1, 0.15) is 35.3 Å². The smallest absolute Gasteiger partial charge is 0.256 e. The van der Waals surface area contributed by atoms with Crippen molar-refractivity contribution in [3.8, 4) is 0 Å². The number of nitrogens with one attached hydrogen (secondary N) is 1. The maximum atomic E-state index is 12.5. The van der Waals surface area contributed by atoms with Crippen molar-refractivity contribution in [3.05, 3.63) is 77.5 Å². The molecular formula is C18H21NO. The summed E-state index contributed by atoms with van der Waals surface area (Å²) < 4.78 is 0. The van der Waals surface area contributed by atoms with E-state index in [2.05, 4.69) is 18.5 Å². The molecule has 0 radical (unpaired) electrons.